The number of sulfone groups is 1. The lowest BCUT2D eigenvalue weighted by molar-refractivity contribution is 0.569. The van der Waals surface area contributed by atoms with Gasteiger partial charge in [0.05, 0.1) is 26.9 Å². The summed E-state index contributed by atoms with van der Waals surface area (Å²) in [5.41, 5.74) is 0.822. The second-order valence-corrected chi connectivity index (χ2v) is 7.75. The highest BCUT2D eigenvalue weighted by atomic mass is 35.5. The molecule has 0 radical (unpaired) electrons. The predicted molar refractivity (Wildman–Crippen MR) is 71.8 cm³/mol. The Labute approximate surface area is 116 Å². The zero-order chi connectivity index (χ0) is 12.6. The van der Waals surface area contributed by atoms with Crippen molar-refractivity contribution in [3.05, 3.63) is 33.8 Å². The van der Waals surface area contributed by atoms with Crippen LogP contribution in [0.3, 0.4) is 0 Å². The maximum atomic E-state index is 11.4. The van der Waals surface area contributed by atoms with Crippen molar-refractivity contribution in [3.63, 3.8) is 0 Å². The van der Waals surface area contributed by atoms with Crippen molar-refractivity contribution >= 4 is 44.6 Å². The molecule has 1 fully saturated rings. The summed E-state index contributed by atoms with van der Waals surface area (Å²) in [7, 11) is -2.91. The molecule has 2 nitrogen and oxygen atoms in total. The third-order valence-electron chi connectivity index (χ3n) is 2.94. The van der Waals surface area contributed by atoms with Gasteiger partial charge >= 0.3 is 0 Å². The molecule has 1 aromatic rings. The molecule has 0 N–H and O–H groups in total. The van der Waals surface area contributed by atoms with Gasteiger partial charge in [0.1, 0.15) is 0 Å². The molecule has 2 atom stereocenters. The quantitative estimate of drug-likeness (QED) is 0.780. The zero-order valence-electron chi connectivity index (χ0n) is 8.87. The molecular formula is C11H11Cl3O2S. The number of halogens is 3. The van der Waals surface area contributed by atoms with Gasteiger partial charge in [0.15, 0.2) is 9.84 Å². The van der Waals surface area contributed by atoms with E-state index in [9.17, 15) is 8.42 Å². The molecule has 0 saturated carbocycles. The fourth-order valence-corrected chi connectivity index (χ4v) is 4.61. The smallest absolute Gasteiger partial charge is 0.150 e. The lowest BCUT2D eigenvalue weighted by Gasteiger charge is -2.16. The Hall–Kier alpha value is 0.0400. The molecule has 0 aromatic heterocycles. The molecule has 1 aliphatic heterocycles. The van der Waals surface area contributed by atoms with E-state index in [1.165, 1.54) is 0 Å². The molecule has 1 aliphatic rings. The van der Waals surface area contributed by atoms with Crippen LogP contribution in [0.1, 0.15) is 17.4 Å². The summed E-state index contributed by atoms with van der Waals surface area (Å²) in [4.78, 5) is 0. The topological polar surface area (TPSA) is 34.1 Å². The Morgan fingerprint density at radius 1 is 1.24 bits per heavy atom. The Bertz CT molecular complexity index is 528. The number of hydrogen-bond acceptors (Lipinski definition) is 2. The minimum Gasteiger partial charge on any atom is -0.229 e. The van der Waals surface area contributed by atoms with Crippen LogP contribution in [0.5, 0.6) is 0 Å². The Balaban J connectivity index is 2.20. The monoisotopic (exact) mass is 312 g/mol. The van der Waals surface area contributed by atoms with Crippen LogP contribution < -0.4 is 0 Å². The van der Waals surface area contributed by atoms with E-state index in [1.54, 1.807) is 18.2 Å². The first-order valence-corrected chi connectivity index (χ1v) is 8.20. The minimum atomic E-state index is -2.91. The van der Waals surface area contributed by atoms with Gasteiger partial charge in [-0.3, -0.25) is 0 Å². The average molecular weight is 314 g/mol. The lowest BCUT2D eigenvalue weighted by Crippen LogP contribution is -2.10. The summed E-state index contributed by atoms with van der Waals surface area (Å²) in [6.07, 6.45) is 0.608. The average Bonchev–Trinajstić information content (AvgIpc) is 2.62. The van der Waals surface area contributed by atoms with Gasteiger partial charge < -0.3 is 0 Å². The number of hydrogen-bond donors (Lipinski definition) is 0. The number of benzene rings is 1. The standard InChI is InChI=1S/C11H11Cl3O2S/c12-9-2-1-7(5-10(9)13)11(14)8-3-4-17(15,16)6-8/h1-2,5,8,11H,3-4,6H2. The van der Waals surface area contributed by atoms with Gasteiger partial charge in [-0.15, -0.1) is 11.6 Å². The van der Waals surface area contributed by atoms with E-state index in [4.69, 9.17) is 34.8 Å². The van der Waals surface area contributed by atoms with Gasteiger partial charge in [-0.25, -0.2) is 8.42 Å². The van der Waals surface area contributed by atoms with Gasteiger partial charge in [0.25, 0.3) is 0 Å². The van der Waals surface area contributed by atoms with Crippen molar-refractivity contribution in [2.24, 2.45) is 5.92 Å². The van der Waals surface area contributed by atoms with E-state index in [0.29, 0.717) is 16.5 Å². The molecule has 0 bridgehead atoms. The largest absolute Gasteiger partial charge is 0.229 e. The molecule has 2 unspecified atom stereocenters. The number of rotatable bonds is 2. The fourth-order valence-electron chi connectivity index (χ4n) is 2.01. The molecule has 1 saturated heterocycles. The molecule has 2 rings (SSSR count). The van der Waals surface area contributed by atoms with Gasteiger partial charge in [0.2, 0.25) is 0 Å². The molecule has 6 heteroatoms. The number of alkyl halides is 1. The summed E-state index contributed by atoms with van der Waals surface area (Å²) in [5, 5.41) is 0.580. The van der Waals surface area contributed by atoms with Crippen LogP contribution in [-0.4, -0.2) is 19.9 Å². The summed E-state index contributed by atoms with van der Waals surface area (Å²) in [6, 6.07) is 5.17. The fraction of sp³-hybridized carbons (Fsp3) is 0.455. The Kier molecular flexibility index (Phi) is 3.93. The highest BCUT2D eigenvalue weighted by Gasteiger charge is 2.33. The zero-order valence-corrected chi connectivity index (χ0v) is 12.0. The maximum Gasteiger partial charge on any atom is 0.150 e. The van der Waals surface area contributed by atoms with Crippen molar-refractivity contribution in [2.45, 2.75) is 11.8 Å². The van der Waals surface area contributed by atoms with Crippen molar-refractivity contribution in [1.82, 2.24) is 0 Å². The second kappa shape index (κ2) is 4.96. The van der Waals surface area contributed by atoms with Crippen molar-refractivity contribution in [1.29, 1.82) is 0 Å². The van der Waals surface area contributed by atoms with Crippen LogP contribution in [0.15, 0.2) is 18.2 Å². The van der Waals surface area contributed by atoms with E-state index in [-0.39, 0.29) is 22.8 Å². The summed E-state index contributed by atoms with van der Waals surface area (Å²) in [6.45, 7) is 0. The van der Waals surface area contributed by atoms with Crippen LogP contribution >= 0.6 is 34.8 Å². The van der Waals surface area contributed by atoms with Crippen molar-refractivity contribution in [2.75, 3.05) is 11.5 Å². The summed E-state index contributed by atoms with van der Waals surface area (Å²) in [5.74, 6) is 0.336. The first-order chi connectivity index (χ1) is 7.89. The molecule has 94 valence electrons. The van der Waals surface area contributed by atoms with Crippen LogP contribution in [0.25, 0.3) is 0 Å². The highest BCUT2D eigenvalue weighted by molar-refractivity contribution is 7.91. The Morgan fingerprint density at radius 3 is 2.47 bits per heavy atom. The molecule has 17 heavy (non-hydrogen) atoms. The summed E-state index contributed by atoms with van der Waals surface area (Å²) < 4.78 is 22.8. The molecule has 1 heterocycles. The van der Waals surface area contributed by atoms with Crippen molar-refractivity contribution in [3.8, 4) is 0 Å². The Morgan fingerprint density at radius 2 is 1.94 bits per heavy atom. The minimum absolute atomic E-state index is 0.0427. The maximum absolute atomic E-state index is 11.4. The first-order valence-electron chi connectivity index (χ1n) is 5.18. The van der Waals surface area contributed by atoms with E-state index in [1.807, 2.05) is 0 Å². The van der Waals surface area contributed by atoms with Crippen LogP contribution in [0.4, 0.5) is 0 Å². The van der Waals surface area contributed by atoms with Crippen LogP contribution in [0, 0.1) is 5.92 Å². The molecular weight excluding hydrogens is 303 g/mol. The van der Waals surface area contributed by atoms with Gasteiger partial charge in [-0.1, -0.05) is 29.3 Å². The van der Waals surface area contributed by atoms with Crippen molar-refractivity contribution < 1.29 is 8.42 Å². The third-order valence-corrected chi connectivity index (χ3v) is 6.08. The first kappa shape index (κ1) is 13.5. The summed E-state index contributed by atoms with van der Waals surface area (Å²) >= 11 is 18.0. The predicted octanol–water partition coefficient (Wildman–Crippen LogP) is 3.71. The van der Waals surface area contributed by atoms with Gasteiger partial charge in [-0.2, -0.15) is 0 Å². The van der Waals surface area contributed by atoms with Crippen LogP contribution in [0.2, 0.25) is 10.0 Å². The molecule has 1 aromatic carbocycles. The van der Waals surface area contributed by atoms with Gasteiger partial charge in [-0.05, 0) is 30.0 Å². The SMILES string of the molecule is O=S1(=O)CCC(C(Cl)c2ccc(Cl)c(Cl)c2)C1. The van der Waals surface area contributed by atoms with E-state index < -0.39 is 9.84 Å². The van der Waals surface area contributed by atoms with Crippen LogP contribution in [-0.2, 0) is 9.84 Å². The second-order valence-electron chi connectivity index (χ2n) is 4.24. The lowest BCUT2D eigenvalue weighted by atomic mass is 9.98. The van der Waals surface area contributed by atoms with E-state index in [0.717, 1.165) is 5.56 Å². The van der Waals surface area contributed by atoms with Gasteiger partial charge in [0, 0.05) is 0 Å². The van der Waals surface area contributed by atoms with E-state index in [2.05, 4.69) is 0 Å². The van der Waals surface area contributed by atoms with E-state index >= 15 is 0 Å². The normalized spacial score (nSPS) is 24.8. The molecule has 0 amide bonds. The highest BCUT2D eigenvalue weighted by Crippen LogP contribution is 2.38. The molecule has 0 aliphatic carbocycles. The third kappa shape index (κ3) is 3.08. The molecule has 0 spiro atoms.